The van der Waals surface area contributed by atoms with Gasteiger partial charge < -0.3 is 14.4 Å². The van der Waals surface area contributed by atoms with Gasteiger partial charge in [-0.15, -0.1) is 11.8 Å². The minimum absolute atomic E-state index is 0.245. The van der Waals surface area contributed by atoms with E-state index in [1.165, 1.54) is 10.6 Å². The van der Waals surface area contributed by atoms with Crippen LogP contribution in [0.4, 0.5) is 11.4 Å². The Kier molecular flexibility index (Phi) is 4.89. The average molecular weight is 391 g/mol. The molecule has 0 N–H and O–H groups in total. The summed E-state index contributed by atoms with van der Waals surface area (Å²) < 4.78 is 11.7. The molecule has 1 saturated heterocycles. The van der Waals surface area contributed by atoms with Gasteiger partial charge in [0.15, 0.2) is 0 Å². The number of benzene rings is 2. The number of aromatic nitrogens is 2. The van der Waals surface area contributed by atoms with Crippen molar-refractivity contribution in [3.05, 3.63) is 66.6 Å². The van der Waals surface area contributed by atoms with Crippen LogP contribution in [0.3, 0.4) is 0 Å². The van der Waals surface area contributed by atoms with Crippen LogP contribution in [0.2, 0.25) is 0 Å². The Balaban J connectivity index is 1.35. The van der Waals surface area contributed by atoms with Crippen LogP contribution in [0.5, 0.6) is 11.6 Å². The van der Waals surface area contributed by atoms with Gasteiger partial charge in [0.1, 0.15) is 11.4 Å². The number of para-hydroxylation sites is 1. The molecule has 3 heterocycles. The summed E-state index contributed by atoms with van der Waals surface area (Å²) in [4.78, 5) is 12.6. The molecular formula is C22H21N3O2S. The van der Waals surface area contributed by atoms with E-state index < -0.39 is 0 Å². The van der Waals surface area contributed by atoms with Gasteiger partial charge in [0.05, 0.1) is 18.2 Å². The zero-order valence-corrected chi connectivity index (χ0v) is 16.3. The van der Waals surface area contributed by atoms with Gasteiger partial charge >= 0.3 is 0 Å². The number of ether oxygens (including phenoxy) is 2. The topological polar surface area (TPSA) is 47.5 Å². The van der Waals surface area contributed by atoms with Gasteiger partial charge in [-0.2, -0.15) is 0 Å². The van der Waals surface area contributed by atoms with Gasteiger partial charge in [-0.3, -0.25) is 4.98 Å². The predicted octanol–water partition coefficient (Wildman–Crippen LogP) is 5.36. The van der Waals surface area contributed by atoms with Crippen molar-refractivity contribution >= 4 is 23.1 Å². The Hall–Kier alpha value is -2.57. The predicted molar refractivity (Wildman–Crippen MR) is 111 cm³/mol. The lowest BCUT2D eigenvalue weighted by atomic mass is 9.98. The van der Waals surface area contributed by atoms with Crippen molar-refractivity contribution in [3.8, 4) is 11.6 Å². The van der Waals surface area contributed by atoms with Crippen LogP contribution in [0.1, 0.15) is 24.5 Å². The van der Waals surface area contributed by atoms with Crippen molar-refractivity contribution < 1.29 is 9.47 Å². The second-order valence-electron chi connectivity index (χ2n) is 6.93. The molecule has 1 aromatic heterocycles. The summed E-state index contributed by atoms with van der Waals surface area (Å²) in [7, 11) is 0. The Morgan fingerprint density at radius 2 is 1.89 bits per heavy atom. The molecule has 1 unspecified atom stereocenters. The van der Waals surface area contributed by atoms with Gasteiger partial charge in [0.25, 0.3) is 0 Å². The van der Waals surface area contributed by atoms with E-state index in [-0.39, 0.29) is 5.92 Å². The fraction of sp³-hybridized carbons (Fsp3) is 0.273. The lowest BCUT2D eigenvalue weighted by molar-refractivity contribution is 0.0784. The maximum absolute atomic E-state index is 6.10. The van der Waals surface area contributed by atoms with Crippen molar-refractivity contribution in [2.75, 3.05) is 24.0 Å². The molecule has 2 aliphatic heterocycles. The molecule has 0 aliphatic carbocycles. The maximum atomic E-state index is 6.10. The maximum Gasteiger partial charge on any atom is 0.241 e. The molecule has 0 spiro atoms. The fourth-order valence-electron chi connectivity index (χ4n) is 3.68. The highest BCUT2D eigenvalue weighted by Crippen LogP contribution is 2.43. The molecule has 1 fully saturated rings. The third kappa shape index (κ3) is 3.45. The Morgan fingerprint density at radius 3 is 2.75 bits per heavy atom. The van der Waals surface area contributed by atoms with E-state index in [1.54, 1.807) is 12.4 Å². The first-order valence-corrected chi connectivity index (χ1v) is 10.5. The standard InChI is InChI=1S/C22H21N3O2S/c1-2-6-20-19(5-1)25(15-28-20)17-7-9-18(10-8-17)27-22-21(23-11-12-24-22)16-4-3-13-26-14-16/h1-2,5-12,16H,3-4,13-15H2. The molecule has 0 saturated carbocycles. The Labute approximate surface area is 168 Å². The van der Waals surface area contributed by atoms with Crippen LogP contribution in [0.15, 0.2) is 65.8 Å². The van der Waals surface area contributed by atoms with E-state index in [0.717, 1.165) is 42.5 Å². The van der Waals surface area contributed by atoms with E-state index in [9.17, 15) is 0 Å². The van der Waals surface area contributed by atoms with E-state index >= 15 is 0 Å². The largest absolute Gasteiger partial charge is 0.437 e. The van der Waals surface area contributed by atoms with E-state index in [1.807, 2.05) is 23.9 Å². The molecule has 0 bridgehead atoms. The van der Waals surface area contributed by atoms with Gasteiger partial charge in [-0.25, -0.2) is 4.98 Å². The summed E-state index contributed by atoms with van der Waals surface area (Å²) in [6.45, 7) is 1.51. The zero-order chi connectivity index (χ0) is 18.8. The average Bonchev–Trinajstić information content (AvgIpc) is 3.20. The van der Waals surface area contributed by atoms with Gasteiger partial charge in [0, 0.05) is 35.5 Å². The summed E-state index contributed by atoms with van der Waals surface area (Å²) >= 11 is 1.86. The van der Waals surface area contributed by atoms with Crippen LogP contribution >= 0.6 is 11.8 Å². The van der Waals surface area contributed by atoms with E-state index in [4.69, 9.17) is 9.47 Å². The van der Waals surface area contributed by atoms with Crippen molar-refractivity contribution in [2.45, 2.75) is 23.7 Å². The van der Waals surface area contributed by atoms with Crippen molar-refractivity contribution in [1.82, 2.24) is 9.97 Å². The van der Waals surface area contributed by atoms with Crippen LogP contribution in [0.25, 0.3) is 0 Å². The summed E-state index contributed by atoms with van der Waals surface area (Å²) in [5.41, 5.74) is 3.30. The molecule has 2 aromatic carbocycles. The highest BCUT2D eigenvalue weighted by Gasteiger charge is 2.23. The second kappa shape index (κ2) is 7.81. The first-order valence-electron chi connectivity index (χ1n) is 9.54. The highest BCUT2D eigenvalue weighted by molar-refractivity contribution is 7.99. The van der Waals surface area contributed by atoms with Gasteiger partial charge in [0.2, 0.25) is 5.88 Å². The van der Waals surface area contributed by atoms with Gasteiger partial charge in [-0.1, -0.05) is 12.1 Å². The first kappa shape index (κ1) is 17.5. The SMILES string of the molecule is c1ccc2c(c1)SCN2c1ccc(Oc2nccnc2C2CCCOC2)cc1. The monoisotopic (exact) mass is 391 g/mol. The van der Waals surface area contributed by atoms with Crippen LogP contribution in [-0.4, -0.2) is 29.1 Å². The highest BCUT2D eigenvalue weighted by atomic mass is 32.2. The fourth-order valence-corrected chi connectivity index (χ4v) is 4.73. The van der Waals surface area contributed by atoms with Gasteiger partial charge in [-0.05, 0) is 49.2 Å². The number of anilines is 2. The van der Waals surface area contributed by atoms with Crippen molar-refractivity contribution in [3.63, 3.8) is 0 Å². The zero-order valence-electron chi connectivity index (χ0n) is 15.5. The molecule has 3 aromatic rings. The number of fused-ring (bicyclic) bond motifs is 1. The summed E-state index contributed by atoms with van der Waals surface area (Å²) in [5.74, 6) is 2.51. The number of nitrogens with zero attached hydrogens (tertiary/aromatic N) is 3. The number of rotatable bonds is 4. The molecule has 1 atom stereocenters. The van der Waals surface area contributed by atoms with Crippen molar-refractivity contribution in [1.29, 1.82) is 0 Å². The smallest absolute Gasteiger partial charge is 0.241 e. The summed E-state index contributed by atoms with van der Waals surface area (Å²) in [6, 6.07) is 16.7. The lowest BCUT2D eigenvalue weighted by Gasteiger charge is -2.22. The third-order valence-corrected chi connectivity index (χ3v) is 6.15. The minimum atomic E-state index is 0.245. The summed E-state index contributed by atoms with van der Waals surface area (Å²) in [6.07, 6.45) is 5.50. The minimum Gasteiger partial charge on any atom is -0.437 e. The van der Waals surface area contributed by atoms with Crippen LogP contribution in [0, 0.1) is 0 Å². The van der Waals surface area contributed by atoms with E-state index in [0.29, 0.717) is 12.5 Å². The molecule has 28 heavy (non-hydrogen) atoms. The molecule has 5 rings (SSSR count). The quantitative estimate of drug-likeness (QED) is 0.596. The molecule has 5 nitrogen and oxygen atoms in total. The number of hydrogen-bond donors (Lipinski definition) is 0. The lowest BCUT2D eigenvalue weighted by Crippen LogP contribution is -2.17. The van der Waals surface area contributed by atoms with Crippen LogP contribution < -0.4 is 9.64 Å². The molecular weight excluding hydrogens is 370 g/mol. The molecule has 2 aliphatic rings. The molecule has 142 valence electrons. The van der Waals surface area contributed by atoms with Crippen LogP contribution in [-0.2, 0) is 4.74 Å². The Morgan fingerprint density at radius 1 is 1.04 bits per heavy atom. The summed E-state index contributed by atoms with van der Waals surface area (Å²) in [5, 5.41) is 0. The normalized spacial score (nSPS) is 18.7. The molecule has 0 radical (unpaired) electrons. The Bertz CT molecular complexity index is 958. The molecule has 6 heteroatoms. The van der Waals surface area contributed by atoms with Crippen molar-refractivity contribution in [2.24, 2.45) is 0 Å². The third-order valence-electron chi connectivity index (χ3n) is 5.11. The first-order chi connectivity index (χ1) is 13.9. The second-order valence-corrected chi connectivity index (χ2v) is 7.91. The van der Waals surface area contributed by atoms with E-state index in [2.05, 4.69) is 51.3 Å². The molecule has 0 amide bonds. The number of hydrogen-bond acceptors (Lipinski definition) is 6. The number of thioether (sulfide) groups is 1.